The number of carbonyl (C=O) groups excluding carboxylic acids is 1. The highest BCUT2D eigenvalue weighted by atomic mass is 79.9. The second kappa shape index (κ2) is 5.99. The molecule has 1 fully saturated rings. The molecule has 1 N–H and O–H groups in total. The molecule has 5 nitrogen and oxygen atoms in total. The number of hydrogen-bond acceptors (Lipinski definition) is 4. The highest BCUT2D eigenvalue weighted by Gasteiger charge is 2.30. The largest absolute Gasteiger partial charge is 0.377 e. The molecule has 0 radical (unpaired) electrons. The summed E-state index contributed by atoms with van der Waals surface area (Å²) in [7, 11) is 1.62. The van der Waals surface area contributed by atoms with E-state index in [1.807, 2.05) is 11.0 Å². The lowest BCUT2D eigenvalue weighted by Gasteiger charge is -2.35. The van der Waals surface area contributed by atoms with Crippen molar-refractivity contribution in [3.05, 3.63) is 21.2 Å². The Morgan fingerprint density at radius 3 is 3.06 bits per heavy atom. The van der Waals surface area contributed by atoms with E-state index in [1.54, 1.807) is 13.2 Å². The Morgan fingerprint density at radius 1 is 1.61 bits per heavy atom. The van der Waals surface area contributed by atoms with Crippen molar-refractivity contribution in [1.82, 2.24) is 10.3 Å². The number of nitrogens with zero attached hydrogens (tertiary/aromatic N) is 2. The predicted octanol–water partition coefficient (Wildman–Crippen LogP) is 1.56. The minimum atomic E-state index is -0.339. The van der Waals surface area contributed by atoms with Gasteiger partial charge < -0.3 is 15.0 Å². The van der Waals surface area contributed by atoms with Crippen LogP contribution < -0.4 is 10.2 Å². The minimum Gasteiger partial charge on any atom is -0.377 e. The molecular weight excluding hydrogens is 366 g/mol. The Bertz CT molecular complexity index is 456. The van der Waals surface area contributed by atoms with Gasteiger partial charge in [-0.1, -0.05) is 0 Å². The van der Waals surface area contributed by atoms with Crippen LogP contribution in [0.2, 0.25) is 0 Å². The average Bonchev–Trinajstić information content (AvgIpc) is 2.38. The number of ether oxygens (including phenoxy) is 1. The second-order valence-electron chi connectivity index (χ2n) is 3.86. The van der Waals surface area contributed by atoms with Crippen LogP contribution in [0.5, 0.6) is 0 Å². The van der Waals surface area contributed by atoms with Crippen LogP contribution >= 0.6 is 31.9 Å². The minimum absolute atomic E-state index is 0.0636. The lowest BCUT2D eigenvalue weighted by molar-refractivity contribution is -0.124. The zero-order valence-corrected chi connectivity index (χ0v) is 13.0. The van der Waals surface area contributed by atoms with Gasteiger partial charge in [0.05, 0.1) is 17.7 Å². The van der Waals surface area contributed by atoms with E-state index in [4.69, 9.17) is 4.74 Å². The predicted molar refractivity (Wildman–Crippen MR) is 75.7 cm³/mol. The molecule has 2 heterocycles. The summed E-state index contributed by atoms with van der Waals surface area (Å²) in [5.74, 6) is 0.696. The van der Waals surface area contributed by atoms with E-state index < -0.39 is 0 Å². The molecule has 0 aromatic carbocycles. The number of pyridine rings is 1. The molecule has 1 aromatic heterocycles. The van der Waals surface area contributed by atoms with E-state index >= 15 is 0 Å². The number of morpholine rings is 1. The van der Waals surface area contributed by atoms with Crippen molar-refractivity contribution in [3.63, 3.8) is 0 Å². The Morgan fingerprint density at radius 2 is 2.39 bits per heavy atom. The fourth-order valence-electron chi connectivity index (χ4n) is 1.86. The van der Waals surface area contributed by atoms with Crippen LogP contribution in [0.25, 0.3) is 0 Å². The first-order chi connectivity index (χ1) is 8.63. The number of carbonyl (C=O) groups is 1. The molecule has 0 aliphatic carbocycles. The topological polar surface area (TPSA) is 54.5 Å². The third-order valence-corrected chi connectivity index (χ3v) is 3.76. The lowest BCUT2D eigenvalue weighted by atomic mass is 10.2. The summed E-state index contributed by atoms with van der Waals surface area (Å²) in [6, 6.07) is 1.58. The van der Waals surface area contributed by atoms with Crippen molar-refractivity contribution >= 4 is 43.6 Å². The summed E-state index contributed by atoms with van der Waals surface area (Å²) >= 11 is 6.84. The van der Waals surface area contributed by atoms with Gasteiger partial charge in [-0.15, -0.1) is 0 Å². The van der Waals surface area contributed by atoms with E-state index in [2.05, 4.69) is 42.2 Å². The van der Waals surface area contributed by atoms with E-state index in [0.29, 0.717) is 19.8 Å². The smallest absolute Gasteiger partial charge is 0.244 e. The fourth-order valence-corrected chi connectivity index (χ4v) is 3.07. The van der Waals surface area contributed by atoms with Crippen LogP contribution in [-0.4, -0.2) is 43.7 Å². The van der Waals surface area contributed by atoms with Crippen molar-refractivity contribution < 1.29 is 9.53 Å². The van der Waals surface area contributed by atoms with Gasteiger partial charge in [-0.05, 0) is 37.9 Å². The molecule has 1 amide bonds. The van der Waals surface area contributed by atoms with Gasteiger partial charge in [-0.2, -0.15) is 0 Å². The van der Waals surface area contributed by atoms with Gasteiger partial charge in [-0.25, -0.2) is 4.98 Å². The van der Waals surface area contributed by atoms with Crippen molar-refractivity contribution in [2.45, 2.75) is 6.04 Å². The summed E-state index contributed by atoms with van der Waals surface area (Å²) in [5, 5.41) is 2.65. The van der Waals surface area contributed by atoms with E-state index in [9.17, 15) is 4.79 Å². The quantitative estimate of drug-likeness (QED) is 0.848. The number of likely N-dealkylation sites (N-methyl/N-ethyl adjacent to an activating group) is 1. The van der Waals surface area contributed by atoms with E-state index in [-0.39, 0.29) is 11.9 Å². The lowest BCUT2D eigenvalue weighted by Crippen LogP contribution is -2.53. The number of nitrogens with one attached hydrogen (secondary N) is 1. The van der Waals surface area contributed by atoms with Gasteiger partial charge in [0.15, 0.2) is 0 Å². The summed E-state index contributed by atoms with van der Waals surface area (Å²) in [5.41, 5.74) is 0. The third-order valence-electron chi connectivity index (χ3n) is 2.74. The van der Waals surface area contributed by atoms with Crippen LogP contribution in [0, 0.1) is 0 Å². The van der Waals surface area contributed by atoms with E-state index in [0.717, 1.165) is 14.8 Å². The van der Waals surface area contributed by atoms with Crippen molar-refractivity contribution in [2.24, 2.45) is 0 Å². The summed E-state index contributed by atoms with van der Waals surface area (Å²) in [4.78, 5) is 18.2. The first-order valence-electron chi connectivity index (χ1n) is 5.50. The molecular formula is C11H13Br2N3O2. The molecule has 1 unspecified atom stereocenters. The number of halogens is 2. The highest BCUT2D eigenvalue weighted by molar-refractivity contribution is 9.11. The zero-order chi connectivity index (χ0) is 13.1. The molecule has 98 valence electrons. The normalized spacial score (nSPS) is 19.7. The van der Waals surface area contributed by atoms with Gasteiger partial charge in [-0.3, -0.25) is 4.79 Å². The summed E-state index contributed by atoms with van der Waals surface area (Å²) in [6.45, 7) is 1.62. The van der Waals surface area contributed by atoms with Gasteiger partial charge in [0.25, 0.3) is 0 Å². The SMILES string of the molecule is CNC(=O)C1COCCN1c1ncc(Br)cc1Br. The Balaban J connectivity index is 2.30. The molecule has 0 spiro atoms. The van der Waals surface area contributed by atoms with Crippen molar-refractivity contribution in [3.8, 4) is 0 Å². The highest BCUT2D eigenvalue weighted by Crippen LogP contribution is 2.29. The Kier molecular flexibility index (Phi) is 4.58. The first-order valence-corrected chi connectivity index (χ1v) is 7.09. The maximum Gasteiger partial charge on any atom is 0.244 e. The number of amides is 1. The molecule has 18 heavy (non-hydrogen) atoms. The van der Waals surface area contributed by atoms with Gasteiger partial charge in [0.2, 0.25) is 5.91 Å². The van der Waals surface area contributed by atoms with Crippen LogP contribution in [-0.2, 0) is 9.53 Å². The molecule has 1 aliphatic heterocycles. The molecule has 1 aromatic rings. The number of aromatic nitrogens is 1. The standard InChI is InChI=1S/C11H13Br2N3O2/c1-14-11(17)9-6-18-3-2-16(9)10-8(13)4-7(12)5-15-10/h4-5,9H,2-3,6H2,1H3,(H,14,17). The molecule has 1 saturated heterocycles. The Labute approximate surface area is 122 Å². The maximum atomic E-state index is 11.8. The van der Waals surface area contributed by atoms with Crippen molar-refractivity contribution in [1.29, 1.82) is 0 Å². The zero-order valence-electron chi connectivity index (χ0n) is 9.82. The molecule has 1 aliphatic rings. The summed E-state index contributed by atoms with van der Waals surface area (Å²) in [6.07, 6.45) is 1.72. The number of hydrogen-bond donors (Lipinski definition) is 1. The van der Waals surface area contributed by atoms with Gasteiger partial charge in [0.1, 0.15) is 11.9 Å². The Hall–Kier alpha value is -0.660. The fraction of sp³-hybridized carbons (Fsp3) is 0.455. The van der Waals surface area contributed by atoms with Gasteiger partial charge in [0, 0.05) is 24.3 Å². The van der Waals surface area contributed by atoms with Crippen LogP contribution in [0.4, 0.5) is 5.82 Å². The first kappa shape index (κ1) is 13.8. The summed E-state index contributed by atoms with van der Waals surface area (Å²) < 4.78 is 7.11. The van der Waals surface area contributed by atoms with Crippen molar-refractivity contribution in [2.75, 3.05) is 31.7 Å². The van der Waals surface area contributed by atoms with Gasteiger partial charge >= 0.3 is 0 Å². The number of anilines is 1. The molecule has 7 heteroatoms. The average molecular weight is 379 g/mol. The maximum absolute atomic E-state index is 11.8. The molecule has 1 atom stereocenters. The van der Waals surface area contributed by atoms with Crippen LogP contribution in [0.1, 0.15) is 0 Å². The van der Waals surface area contributed by atoms with Crippen LogP contribution in [0.15, 0.2) is 21.2 Å². The molecule has 0 bridgehead atoms. The molecule has 0 saturated carbocycles. The monoisotopic (exact) mass is 377 g/mol. The van der Waals surface area contributed by atoms with Crippen LogP contribution in [0.3, 0.4) is 0 Å². The second-order valence-corrected chi connectivity index (χ2v) is 5.63. The number of rotatable bonds is 2. The third kappa shape index (κ3) is 2.84. The van der Waals surface area contributed by atoms with E-state index in [1.165, 1.54) is 0 Å². The molecule has 2 rings (SSSR count).